The highest BCUT2D eigenvalue weighted by Gasteiger charge is 2.29. The van der Waals surface area contributed by atoms with Crippen LogP contribution in [0.1, 0.15) is 38.7 Å². The first-order valence-corrected chi connectivity index (χ1v) is 7.95. The zero-order valence-electron chi connectivity index (χ0n) is 11.7. The normalized spacial score (nSPS) is 27.8. The summed E-state index contributed by atoms with van der Waals surface area (Å²) >= 11 is 3.36. The van der Waals surface area contributed by atoms with Crippen LogP contribution < -0.4 is 5.73 Å². The lowest BCUT2D eigenvalue weighted by Gasteiger charge is -2.36. The van der Waals surface area contributed by atoms with E-state index in [4.69, 9.17) is 5.73 Å². The second kappa shape index (κ2) is 6.36. The molecule has 1 fully saturated rings. The van der Waals surface area contributed by atoms with Crippen molar-refractivity contribution >= 4 is 15.9 Å². The standard InChI is InChI=1S/C16H23BrFN/c1-10(2)12-3-4-16(19)13(8-12)5-11-6-14(17)9-15(18)7-11/h6-7,9-10,12-13,16H,3-5,8,19H2,1-2H3. The van der Waals surface area contributed by atoms with Gasteiger partial charge in [-0.2, -0.15) is 0 Å². The first-order valence-electron chi connectivity index (χ1n) is 7.16. The number of hydrogen-bond donors (Lipinski definition) is 1. The van der Waals surface area contributed by atoms with E-state index in [9.17, 15) is 4.39 Å². The second-order valence-corrected chi connectivity index (χ2v) is 7.14. The average molecular weight is 328 g/mol. The molecule has 0 radical (unpaired) electrons. The molecule has 0 saturated heterocycles. The third-order valence-electron chi connectivity index (χ3n) is 4.44. The lowest BCUT2D eigenvalue weighted by Crippen LogP contribution is -2.38. The third-order valence-corrected chi connectivity index (χ3v) is 4.90. The van der Waals surface area contributed by atoms with Crippen molar-refractivity contribution < 1.29 is 4.39 Å². The number of rotatable bonds is 3. The van der Waals surface area contributed by atoms with Crippen molar-refractivity contribution in [1.82, 2.24) is 0 Å². The summed E-state index contributed by atoms with van der Waals surface area (Å²) in [6.07, 6.45) is 4.40. The summed E-state index contributed by atoms with van der Waals surface area (Å²) in [5.41, 5.74) is 7.31. The van der Waals surface area contributed by atoms with E-state index in [1.165, 1.54) is 18.9 Å². The molecule has 1 saturated carbocycles. The van der Waals surface area contributed by atoms with Gasteiger partial charge in [0.2, 0.25) is 0 Å². The molecule has 0 aliphatic heterocycles. The van der Waals surface area contributed by atoms with Crippen LogP contribution in [0.25, 0.3) is 0 Å². The summed E-state index contributed by atoms with van der Waals surface area (Å²) in [6.45, 7) is 4.58. The van der Waals surface area contributed by atoms with Crippen LogP contribution >= 0.6 is 15.9 Å². The number of benzene rings is 1. The van der Waals surface area contributed by atoms with Crippen molar-refractivity contribution in [2.45, 2.75) is 45.6 Å². The van der Waals surface area contributed by atoms with Gasteiger partial charge in [-0.05, 0) is 67.2 Å². The molecular formula is C16H23BrFN. The molecule has 0 bridgehead atoms. The fraction of sp³-hybridized carbons (Fsp3) is 0.625. The van der Waals surface area contributed by atoms with Crippen molar-refractivity contribution in [3.8, 4) is 0 Å². The molecule has 1 aromatic rings. The maximum atomic E-state index is 13.4. The Hall–Kier alpha value is -0.410. The minimum Gasteiger partial charge on any atom is -0.327 e. The molecule has 3 unspecified atom stereocenters. The highest BCUT2D eigenvalue weighted by atomic mass is 79.9. The quantitative estimate of drug-likeness (QED) is 0.867. The zero-order chi connectivity index (χ0) is 14.0. The summed E-state index contributed by atoms with van der Waals surface area (Å²) in [5.74, 6) is 1.79. The van der Waals surface area contributed by atoms with E-state index in [0.29, 0.717) is 11.8 Å². The fourth-order valence-electron chi connectivity index (χ4n) is 3.20. The summed E-state index contributed by atoms with van der Waals surface area (Å²) < 4.78 is 14.2. The number of halogens is 2. The molecular weight excluding hydrogens is 305 g/mol. The van der Waals surface area contributed by atoms with Gasteiger partial charge in [-0.15, -0.1) is 0 Å². The van der Waals surface area contributed by atoms with Gasteiger partial charge in [0.25, 0.3) is 0 Å². The molecule has 0 amide bonds. The van der Waals surface area contributed by atoms with E-state index in [-0.39, 0.29) is 11.9 Å². The van der Waals surface area contributed by atoms with Gasteiger partial charge in [0.15, 0.2) is 0 Å². The van der Waals surface area contributed by atoms with Gasteiger partial charge in [0.1, 0.15) is 5.82 Å². The van der Waals surface area contributed by atoms with Gasteiger partial charge < -0.3 is 5.73 Å². The maximum Gasteiger partial charge on any atom is 0.124 e. The Balaban J connectivity index is 2.07. The topological polar surface area (TPSA) is 26.0 Å². The van der Waals surface area contributed by atoms with Crippen molar-refractivity contribution in [2.24, 2.45) is 23.5 Å². The highest BCUT2D eigenvalue weighted by molar-refractivity contribution is 9.10. The second-order valence-electron chi connectivity index (χ2n) is 6.22. The van der Waals surface area contributed by atoms with E-state index < -0.39 is 0 Å². The van der Waals surface area contributed by atoms with Crippen LogP contribution in [0.5, 0.6) is 0 Å². The van der Waals surface area contributed by atoms with E-state index in [1.807, 2.05) is 6.07 Å². The maximum absolute atomic E-state index is 13.4. The molecule has 2 rings (SSSR count). The van der Waals surface area contributed by atoms with Gasteiger partial charge in [-0.3, -0.25) is 0 Å². The zero-order valence-corrected chi connectivity index (χ0v) is 13.3. The predicted octanol–water partition coefficient (Wildman–Crippen LogP) is 4.53. The van der Waals surface area contributed by atoms with Gasteiger partial charge in [0, 0.05) is 10.5 Å². The summed E-state index contributed by atoms with van der Waals surface area (Å²) in [7, 11) is 0. The Labute approximate surface area is 123 Å². The van der Waals surface area contributed by atoms with E-state index in [2.05, 4.69) is 29.8 Å². The van der Waals surface area contributed by atoms with Crippen LogP contribution in [0, 0.1) is 23.6 Å². The summed E-state index contributed by atoms with van der Waals surface area (Å²) in [5, 5.41) is 0. The van der Waals surface area contributed by atoms with Gasteiger partial charge in [0.05, 0.1) is 0 Å². The van der Waals surface area contributed by atoms with Crippen molar-refractivity contribution in [3.63, 3.8) is 0 Å². The van der Waals surface area contributed by atoms with Crippen molar-refractivity contribution in [1.29, 1.82) is 0 Å². The lowest BCUT2D eigenvalue weighted by atomic mass is 9.72. The van der Waals surface area contributed by atoms with Crippen molar-refractivity contribution in [3.05, 3.63) is 34.1 Å². The smallest absolute Gasteiger partial charge is 0.124 e. The lowest BCUT2D eigenvalue weighted by molar-refractivity contribution is 0.189. The summed E-state index contributed by atoms with van der Waals surface area (Å²) in [6, 6.07) is 5.41. The number of nitrogens with two attached hydrogens (primary N) is 1. The number of hydrogen-bond acceptors (Lipinski definition) is 1. The third kappa shape index (κ3) is 4.03. The molecule has 3 heteroatoms. The first-order chi connectivity index (χ1) is 8.95. The molecule has 0 heterocycles. The Morgan fingerprint density at radius 1 is 1.32 bits per heavy atom. The molecule has 106 valence electrons. The molecule has 0 spiro atoms. The monoisotopic (exact) mass is 327 g/mol. The van der Waals surface area contributed by atoms with E-state index in [1.54, 1.807) is 6.07 Å². The first kappa shape index (κ1) is 15.0. The fourth-order valence-corrected chi connectivity index (χ4v) is 3.71. The van der Waals surface area contributed by atoms with Crippen LogP contribution in [-0.2, 0) is 6.42 Å². The van der Waals surface area contributed by atoms with Crippen molar-refractivity contribution in [2.75, 3.05) is 0 Å². The summed E-state index contributed by atoms with van der Waals surface area (Å²) in [4.78, 5) is 0. The Morgan fingerprint density at radius 3 is 2.68 bits per heavy atom. The van der Waals surface area contributed by atoms with Crippen LogP contribution in [0.3, 0.4) is 0 Å². The molecule has 0 aromatic heterocycles. The minimum atomic E-state index is -0.172. The van der Waals surface area contributed by atoms with Crippen LogP contribution in [-0.4, -0.2) is 6.04 Å². The highest BCUT2D eigenvalue weighted by Crippen LogP contribution is 2.35. The largest absolute Gasteiger partial charge is 0.327 e. The Bertz CT molecular complexity index is 413. The predicted molar refractivity (Wildman–Crippen MR) is 81.4 cm³/mol. The van der Waals surface area contributed by atoms with Gasteiger partial charge >= 0.3 is 0 Å². The van der Waals surface area contributed by atoms with Crippen LogP contribution in [0.4, 0.5) is 4.39 Å². The molecule has 1 aromatic carbocycles. The average Bonchev–Trinajstić information content (AvgIpc) is 2.30. The molecule has 3 atom stereocenters. The molecule has 1 aliphatic carbocycles. The molecule has 1 aliphatic rings. The van der Waals surface area contributed by atoms with Crippen LogP contribution in [0.2, 0.25) is 0 Å². The Kier molecular flexibility index (Phi) is 5.02. The van der Waals surface area contributed by atoms with Crippen LogP contribution in [0.15, 0.2) is 22.7 Å². The van der Waals surface area contributed by atoms with E-state index in [0.717, 1.165) is 28.8 Å². The molecule has 2 N–H and O–H groups in total. The SMILES string of the molecule is CC(C)C1CCC(N)C(Cc2cc(F)cc(Br)c2)C1. The van der Waals surface area contributed by atoms with E-state index >= 15 is 0 Å². The molecule has 19 heavy (non-hydrogen) atoms. The van der Waals surface area contributed by atoms with Gasteiger partial charge in [-0.25, -0.2) is 4.39 Å². The van der Waals surface area contributed by atoms with Gasteiger partial charge in [-0.1, -0.05) is 29.8 Å². The Morgan fingerprint density at radius 2 is 2.05 bits per heavy atom. The molecule has 1 nitrogen and oxygen atoms in total. The minimum absolute atomic E-state index is 0.172.